The Bertz CT molecular complexity index is 222. The molecule has 0 atom stereocenters. The van der Waals surface area contributed by atoms with Crippen LogP contribution in [0.5, 0.6) is 0 Å². The van der Waals surface area contributed by atoms with Gasteiger partial charge in [-0.2, -0.15) is 0 Å². The van der Waals surface area contributed by atoms with E-state index in [4.69, 9.17) is 45.8 Å². The monoisotopic (exact) mass is 348 g/mol. The fourth-order valence-corrected chi connectivity index (χ4v) is 0. The zero-order valence-electron chi connectivity index (χ0n) is 8.18. The molecule has 0 amide bonds. The summed E-state index contributed by atoms with van der Waals surface area (Å²) < 4.78 is 59.4. The first-order valence-corrected chi connectivity index (χ1v) is 4.15. The van der Waals surface area contributed by atoms with E-state index in [1.54, 1.807) is 0 Å². The van der Waals surface area contributed by atoms with Crippen LogP contribution >= 0.6 is 0 Å². The van der Waals surface area contributed by atoms with E-state index < -0.39 is 27.9 Å². The van der Waals surface area contributed by atoms with Crippen LogP contribution in [-0.2, 0) is 41.2 Å². The molecule has 0 aliphatic heterocycles. The molecule has 2 N–H and O–H groups in total. The van der Waals surface area contributed by atoms with Crippen LogP contribution in [-0.4, -0.2) is 47.2 Å². The van der Waals surface area contributed by atoms with Gasteiger partial charge in [0.2, 0.25) is 0 Å². The Hall–Kier alpha value is 1.83. The van der Waals surface area contributed by atoms with Crippen LogP contribution in [0.4, 0.5) is 4.79 Å². The Morgan fingerprint density at radius 3 is 1.06 bits per heavy atom. The summed E-state index contributed by atoms with van der Waals surface area (Å²) in [6.07, 6.45) is -1.83. The Labute approximate surface area is 150 Å². The summed E-state index contributed by atoms with van der Waals surface area (Å²) in [4.78, 5) is 8.56. The molecular formula is CH2Na2O10S2Zn. The van der Waals surface area contributed by atoms with Crippen molar-refractivity contribution in [2.45, 2.75) is 0 Å². The third-order valence-electron chi connectivity index (χ3n) is 0. The van der Waals surface area contributed by atoms with Gasteiger partial charge in [-0.25, -0.2) is 4.79 Å². The molecule has 0 aromatic heterocycles. The number of carboxylic acid groups (broad SMARTS) is 2. The molecule has 0 radical (unpaired) electrons. The van der Waals surface area contributed by atoms with Gasteiger partial charge >= 0.3 is 84.7 Å². The molecule has 16 heavy (non-hydrogen) atoms. The van der Waals surface area contributed by atoms with Gasteiger partial charge in [0.15, 0.2) is 0 Å². The number of hydrogen-bond acceptors (Lipinski definition) is 8. The van der Waals surface area contributed by atoms with E-state index in [0.717, 1.165) is 0 Å². The summed E-state index contributed by atoms with van der Waals surface area (Å²) in [5.74, 6) is 0. The molecule has 82 valence electrons. The van der Waals surface area contributed by atoms with Crippen LogP contribution in [0.2, 0.25) is 0 Å². The van der Waals surface area contributed by atoms with Crippen molar-refractivity contribution in [3.8, 4) is 0 Å². The molecule has 0 heterocycles. The summed E-state index contributed by atoms with van der Waals surface area (Å²) >= 11 is -3.11. The average molecular weight is 350 g/mol. The molecule has 0 bridgehead atoms. The molecule has 0 aromatic carbocycles. The van der Waals surface area contributed by atoms with Gasteiger partial charge in [-0.15, -0.1) is 11.4 Å². The van der Waals surface area contributed by atoms with Crippen LogP contribution < -0.4 is 59.1 Å². The average Bonchev–Trinajstić information content (AvgIpc) is 1.50. The van der Waals surface area contributed by atoms with Crippen molar-refractivity contribution < 1.29 is 124 Å². The smallest absolute Gasteiger partial charge is 0.784 e. The maximum atomic E-state index is 8.56. The molecule has 0 saturated carbocycles. The van der Waals surface area contributed by atoms with Gasteiger partial charge in [0.25, 0.3) is 0 Å². The Balaban J connectivity index is -0.0000000216. The van der Waals surface area contributed by atoms with Crippen molar-refractivity contribution in [3.05, 3.63) is 0 Å². The van der Waals surface area contributed by atoms with E-state index in [1.165, 1.54) is 0 Å². The maximum absolute atomic E-state index is 8.56. The Kier molecular flexibility index (Phi) is 49.7. The Morgan fingerprint density at radius 2 is 1.06 bits per heavy atom. The third kappa shape index (κ3) is 1040. The van der Waals surface area contributed by atoms with E-state index in [9.17, 15) is 0 Å². The van der Waals surface area contributed by atoms with Crippen molar-refractivity contribution in [1.82, 2.24) is 0 Å². The van der Waals surface area contributed by atoms with E-state index in [-0.39, 0.29) is 78.6 Å². The molecule has 0 aromatic rings. The van der Waals surface area contributed by atoms with Gasteiger partial charge < -0.3 is 28.4 Å². The first-order chi connectivity index (χ1) is 5.46. The van der Waals surface area contributed by atoms with Gasteiger partial charge in [0.05, 0.1) is 0 Å². The van der Waals surface area contributed by atoms with E-state index in [2.05, 4.69) is 0 Å². The van der Waals surface area contributed by atoms with Crippen LogP contribution in [0, 0.1) is 0 Å². The first kappa shape index (κ1) is 36.1. The van der Waals surface area contributed by atoms with Gasteiger partial charge in [-0.1, -0.05) is 0 Å². The summed E-state index contributed by atoms with van der Waals surface area (Å²) in [6, 6.07) is 0. The minimum absolute atomic E-state index is 0. The zero-order chi connectivity index (χ0) is 11.7. The normalized spacial score (nSPS) is 7.31. The van der Waals surface area contributed by atoms with Crippen molar-refractivity contribution in [2.75, 3.05) is 0 Å². The van der Waals surface area contributed by atoms with Gasteiger partial charge in [-0.05, 0) is 0 Å². The predicted molar refractivity (Wildman–Crippen MR) is 30.8 cm³/mol. The molecule has 0 rings (SSSR count). The van der Waals surface area contributed by atoms with Crippen molar-refractivity contribution >= 4 is 27.9 Å². The SMILES string of the molecule is O=C(O)O.O=S(=O)([O-])[O-].O=S([O-])[O-].[Na+].[Na+].[Zn+2]. The standard InChI is InChI=1S/CH2O3.2Na.H2O4S.H2O3S.Zn/c2-1(3)4;;;1-5(2,3)4;1-4(2)3;/h(H2,2,3,4);;;(H2,1,2,3,4);(H2,1,2,3);/q;2*+1;;;+2/p-4. The van der Waals surface area contributed by atoms with Crippen LogP contribution in [0.1, 0.15) is 0 Å². The molecule has 0 unspecified atom stereocenters. The van der Waals surface area contributed by atoms with Gasteiger partial charge in [0, 0.05) is 10.4 Å². The van der Waals surface area contributed by atoms with E-state index in [1.807, 2.05) is 0 Å². The van der Waals surface area contributed by atoms with Crippen LogP contribution in [0.3, 0.4) is 0 Å². The summed E-state index contributed by atoms with van der Waals surface area (Å²) in [5, 5.41) is 13.9. The number of hydrogen-bond donors (Lipinski definition) is 2. The topological polar surface area (TPSA) is 201 Å². The van der Waals surface area contributed by atoms with Crippen molar-refractivity contribution in [2.24, 2.45) is 0 Å². The zero-order valence-corrected chi connectivity index (χ0v) is 16.8. The third-order valence-corrected chi connectivity index (χ3v) is 0. The number of carbonyl (C=O) groups is 1. The molecular weight excluding hydrogens is 348 g/mol. The van der Waals surface area contributed by atoms with Gasteiger partial charge in [0.1, 0.15) is 0 Å². The quantitative estimate of drug-likeness (QED) is 0.183. The van der Waals surface area contributed by atoms with Crippen molar-refractivity contribution in [1.29, 1.82) is 0 Å². The van der Waals surface area contributed by atoms with E-state index in [0.29, 0.717) is 0 Å². The summed E-state index contributed by atoms with van der Waals surface area (Å²) in [7, 11) is -5.17. The maximum Gasteiger partial charge on any atom is 2.00 e. The molecule has 10 nitrogen and oxygen atoms in total. The fourth-order valence-electron chi connectivity index (χ4n) is 0. The second-order valence-corrected chi connectivity index (χ2v) is 2.12. The van der Waals surface area contributed by atoms with Crippen LogP contribution in [0.25, 0.3) is 0 Å². The van der Waals surface area contributed by atoms with E-state index >= 15 is 0 Å². The second-order valence-electron chi connectivity index (χ2n) is 0.895. The minimum atomic E-state index is -5.17. The molecule has 0 aliphatic carbocycles. The minimum Gasteiger partial charge on any atom is -0.784 e. The molecule has 0 spiro atoms. The second kappa shape index (κ2) is 22.1. The Morgan fingerprint density at radius 1 is 1.06 bits per heavy atom. The summed E-state index contributed by atoms with van der Waals surface area (Å²) in [6.45, 7) is 0. The van der Waals surface area contributed by atoms with Crippen molar-refractivity contribution in [3.63, 3.8) is 0 Å². The molecule has 15 heteroatoms. The molecule has 0 fully saturated rings. The van der Waals surface area contributed by atoms with Crippen LogP contribution in [0.15, 0.2) is 0 Å². The summed E-state index contributed by atoms with van der Waals surface area (Å²) in [5.41, 5.74) is 0. The fraction of sp³-hybridized carbons (Fsp3) is 0. The number of rotatable bonds is 0. The molecule has 0 saturated heterocycles. The largest absolute Gasteiger partial charge is 2.00 e. The molecule has 0 aliphatic rings. The van der Waals surface area contributed by atoms with Gasteiger partial charge in [-0.3, -0.25) is 12.6 Å². The first-order valence-electron chi connectivity index (χ1n) is 1.82. The predicted octanol–water partition coefficient (Wildman–Crippen LogP) is -8.11.